The van der Waals surface area contributed by atoms with Crippen molar-refractivity contribution in [2.24, 2.45) is 5.92 Å². The Bertz CT molecular complexity index is 175. The van der Waals surface area contributed by atoms with Crippen LogP contribution in [0.15, 0.2) is 0 Å². The van der Waals surface area contributed by atoms with Gasteiger partial charge < -0.3 is 9.47 Å². The summed E-state index contributed by atoms with van der Waals surface area (Å²) in [5, 5.41) is 0. The lowest BCUT2D eigenvalue weighted by Gasteiger charge is -2.14. The first-order valence-corrected chi connectivity index (χ1v) is 5.56. The minimum Gasteiger partial charge on any atom is -0.464 e. The van der Waals surface area contributed by atoms with E-state index in [2.05, 4.69) is 0 Å². The predicted octanol–water partition coefficient (Wildman–Crippen LogP) is 2.14. The maximum absolute atomic E-state index is 11.3. The molecule has 0 heterocycles. The Morgan fingerprint density at radius 1 is 1.43 bits per heavy atom. The zero-order chi connectivity index (χ0) is 10.4. The molecule has 1 atom stereocenters. The molecule has 1 fully saturated rings. The fourth-order valence-corrected chi connectivity index (χ4v) is 1.37. The summed E-state index contributed by atoms with van der Waals surface area (Å²) in [6.07, 6.45) is 4.10. The molecule has 0 aromatic rings. The van der Waals surface area contributed by atoms with Crippen molar-refractivity contribution in [1.82, 2.24) is 0 Å². The van der Waals surface area contributed by atoms with Gasteiger partial charge in [-0.1, -0.05) is 19.8 Å². The Balaban J connectivity index is 2.11. The molecule has 3 heteroatoms. The second kappa shape index (κ2) is 6.02. The van der Waals surface area contributed by atoms with E-state index in [-0.39, 0.29) is 12.1 Å². The monoisotopic (exact) mass is 200 g/mol. The molecular formula is C11H20O3. The Morgan fingerprint density at radius 2 is 2.14 bits per heavy atom. The highest BCUT2D eigenvalue weighted by Gasteiger charge is 2.23. The molecule has 0 amide bonds. The molecule has 1 saturated carbocycles. The molecule has 0 aliphatic heterocycles. The van der Waals surface area contributed by atoms with E-state index >= 15 is 0 Å². The number of carbonyl (C=O) groups excluding carboxylic acids is 1. The fourth-order valence-electron chi connectivity index (χ4n) is 1.37. The third kappa shape index (κ3) is 4.09. The molecule has 0 saturated heterocycles. The molecule has 0 radical (unpaired) electrons. The Morgan fingerprint density at radius 3 is 2.64 bits per heavy atom. The van der Waals surface area contributed by atoms with Gasteiger partial charge in [0.25, 0.3) is 0 Å². The van der Waals surface area contributed by atoms with Crippen LogP contribution in [0.4, 0.5) is 0 Å². The van der Waals surface area contributed by atoms with E-state index in [0.29, 0.717) is 19.6 Å². The minimum absolute atomic E-state index is 0.217. The number of hydrogen-bond donors (Lipinski definition) is 0. The van der Waals surface area contributed by atoms with Crippen molar-refractivity contribution in [3.63, 3.8) is 0 Å². The second-order valence-electron chi connectivity index (χ2n) is 3.75. The number of esters is 1. The van der Waals surface area contributed by atoms with Crippen molar-refractivity contribution in [2.75, 3.05) is 13.2 Å². The molecule has 0 bridgehead atoms. The molecule has 0 aromatic heterocycles. The van der Waals surface area contributed by atoms with Gasteiger partial charge in [0.05, 0.1) is 6.61 Å². The van der Waals surface area contributed by atoms with Crippen LogP contribution < -0.4 is 0 Å². The molecule has 0 N–H and O–H groups in total. The van der Waals surface area contributed by atoms with Crippen LogP contribution in [0.5, 0.6) is 0 Å². The maximum Gasteiger partial charge on any atom is 0.335 e. The van der Waals surface area contributed by atoms with Crippen LogP contribution in [0, 0.1) is 5.92 Å². The van der Waals surface area contributed by atoms with Crippen LogP contribution >= 0.6 is 0 Å². The normalized spacial score (nSPS) is 17.9. The summed E-state index contributed by atoms with van der Waals surface area (Å²) in [5.41, 5.74) is 0. The summed E-state index contributed by atoms with van der Waals surface area (Å²) in [6, 6.07) is 0. The average Bonchev–Trinajstić information content (AvgIpc) is 2.96. The van der Waals surface area contributed by atoms with Crippen LogP contribution in [0.2, 0.25) is 0 Å². The summed E-state index contributed by atoms with van der Waals surface area (Å²) in [6.45, 7) is 4.89. The summed E-state index contributed by atoms with van der Waals surface area (Å²) < 4.78 is 10.4. The summed E-state index contributed by atoms with van der Waals surface area (Å²) >= 11 is 0. The van der Waals surface area contributed by atoms with E-state index in [9.17, 15) is 4.79 Å². The molecular weight excluding hydrogens is 180 g/mol. The van der Waals surface area contributed by atoms with Crippen LogP contribution in [0.25, 0.3) is 0 Å². The largest absolute Gasteiger partial charge is 0.464 e. The van der Waals surface area contributed by atoms with E-state index in [4.69, 9.17) is 9.47 Å². The molecule has 1 aliphatic rings. The average molecular weight is 200 g/mol. The molecule has 1 unspecified atom stereocenters. The lowest BCUT2D eigenvalue weighted by atomic mass is 10.2. The van der Waals surface area contributed by atoms with Crippen molar-refractivity contribution < 1.29 is 14.3 Å². The molecule has 82 valence electrons. The number of rotatable bonds is 7. The minimum atomic E-state index is -0.353. The summed E-state index contributed by atoms with van der Waals surface area (Å²) in [5.74, 6) is 0.639. The lowest BCUT2D eigenvalue weighted by molar-refractivity contribution is -0.157. The van der Waals surface area contributed by atoms with Crippen molar-refractivity contribution in [3.8, 4) is 0 Å². The van der Waals surface area contributed by atoms with Gasteiger partial charge in [-0.15, -0.1) is 0 Å². The molecule has 0 spiro atoms. The van der Waals surface area contributed by atoms with Crippen LogP contribution in [-0.2, 0) is 14.3 Å². The van der Waals surface area contributed by atoms with E-state index in [1.165, 1.54) is 12.8 Å². The molecule has 0 aromatic carbocycles. The highest BCUT2D eigenvalue weighted by molar-refractivity contribution is 5.74. The van der Waals surface area contributed by atoms with Gasteiger partial charge in [0, 0.05) is 6.61 Å². The number of ether oxygens (including phenoxy) is 2. The van der Waals surface area contributed by atoms with E-state index < -0.39 is 0 Å². The molecule has 14 heavy (non-hydrogen) atoms. The lowest BCUT2D eigenvalue weighted by Crippen LogP contribution is -2.26. The van der Waals surface area contributed by atoms with Crippen molar-refractivity contribution in [1.29, 1.82) is 0 Å². The smallest absolute Gasteiger partial charge is 0.335 e. The quantitative estimate of drug-likeness (QED) is 0.591. The van der Waals surface area contributed by atoms with Gasteiger partial charge in [0.2, 0.25) is 0 Å². The zero-order valence-electron chi connectivity index (χ0n) is 9.12. The first-order valence-electron chi connectivity index (χ1n) is 5.56. The van der Waals surface area contributed by atoms with Crippen molar-refractivity contribution in [3.05, 3.63) is 0 Å². The van der Waals surface area contributed by atoms with Gasteiger partial charge >= 0.3 is 5.97 Å². The third-order valence-corrected chi connectivity index (χ3v) is 2.46. The zero-order valence-corrected chi connectivity index (χ0v) is 9.12. The number of hydrogen-bond acceptors (Lipinski definition) is 3. The third-order valence-electron chi connectivity index (χ3n) is 2.46. The SMILES string of the molecule is CCOC(=O)C(CC)OCCC1CC1. The fraction of sp³-hybridized carbons (Fsp3) is 0.909. The van der Waals surface area contributed by atoms with Crippen LogP contribution in [0.1, 0.15) is 39.5 Å². The Labute approximate surface area is 85.8 Å². The van der Waals surface area contributed by atoms with Crippen LogP contribution in [0.3, 0.4) is 0 Å². The standard InChI is InChI=1S/C11H20O3/c1-3-10(11(12)13-4-2)14-8-7-9-5-6-9/h9-10H,3-8H2,1-2H3. The van der Waals surface area contributed by atoms with E-state index in [1.807, 2.05) is 13.8 Å². The first kappa shape index (κ1) is 11.5. The second-order valence-corrected chi connectivity index (χ2v) is 3.75. The highest BCUT2D eigenvalue weighted by atomic mass is 16.6. The van der Waals surface area contributed by atoms with Crippen molar-refractivity contribution >= 4 is 5.97 Å². The van der Waals surface area contributed by atoms with Gasteiger partial charge in [-0.05, 0) is 25.7 Å². The number of carbonyl (C=O) groups is 1. The topological polar surface area (TPSA) is 35.5 Å². The van der Waals surface area contributed by atoms with Gasteiger partial charge in [0.1, 0.15) is 0 Å². The van der Waals surface area contributed by atoms with E-state index in [1.54, 1.807) is 0 Å². The van der Waals surface area contributed by atoms with Gasteiger partial charge in [-0.2, -0.15) is 0 Å². The van der Waals surface area contributed by atoms with Gasteiger partial charge in [-0.25, -0.2) is 4.79 Å². The van der Waals surface area contributed by atoms with Crippen molar-refractivity contribution in [2.45, 2.75) is 45.6 Å². The summed E-state index contributed by atoms with van der Waals surface area (Å²) in [4.78, 5) is 11.3. The molecule has 3 nitrogen and oxygen atoms in total. The molecule has 1 aliphatic carbocycles. The maximum atomic E-state index is 11.3. The van der Waals surface area contributed by atoms with Crippen LogP contribution in [-0.4, -0.2) is 25.3 Å². The molecule has 1 rings (SSSR count). The first-order chi connectivity index (χ1) is 6.77. The Kier molecular flexibility index (Phi) is 4.94. The van der Waals surface area contributed by atoms with Gasteiger partial charge in [0.15, 0.2) is 6.10 Å². The Hall–Kier alpha value is -0.570. The highest BCUT2D eigenvalue weighted by Crippen LogP contribution is 2.32. The van der Waals surface area contributed by atoms with E-state index in [0.717, 1.165) is 12.3 Å². The predicted molar refractivity (Wildman–Crippen MR) is 54.0 cm³/mol. The van der Waals surface area contributed by atoms with Gasteiger partial charge in [-0.3, -0.25) is 0 Å². The summed E-state index contributed by atoms with van der Waals surface area (Å²) in [7, 11) is 0.